The van der Waals surface area contributed by atoms with Crippen molar-refractivity contribution in [1.82, 2.24) is 10.2 Å². The molecule has 2 aromatic rings. The molecule has 7 nitrogen and oxygen atoms in total. The van der Waals surface area contributed by atoms with Crippen LogP contribution in [0.25, 0.3) is 0 Å². The van der Waals surface area contributed by atoms with Crippen molar-refractivity contribution < 1.29 is 18.0 Å². The van der Waals surface area contributed by atoms with Crippen molar-refractivity contribution in [2.75, 3.05) is 17.1 Å². The number of sulfonamides is 1. The highest BCUT2D eigenvalue weighted by Gasteiger charge is 2.31. The molecule has 0 aliphatic carbocycles. The van der Waals surface area contributed by atoms with Crippen molar-refractivity contribution in [1.29, 1.82) is 0 Å². The Morgan fingerprint density at radius 3 is 2.03 bits per heavy atom. The number of carbonyl (C=O) groups is 2. The van der Waals surface area contributed by atoms with Gasteiger partial charge in [0.05, 0.1) is 11.9 Å². The van der Waals surface area contributed by atoms with Gasteiger partial charge in [-0.15, -0.1) is 0 Å². The summed E-state index contributed by atoms with van der Waals surface area (Å²) in [6.45, 7) is 10.8. The standard InChI is InChI=1S/C25H35N3O4S/c1-18-13-19(2)15-22(14-18)28(33(7,31)32)17-23(29)27(16-21-11-9-8-10-12-21)20(3)24(30)26-25(4,5)6/h8-15,20H,16-17H2,1-7H3,(H,26,30). The molecule has 2 rings (SSSR count). The van der Waals surface area contributed by atoms with Gasteiger partial charge in [0.2, 0.25) is 21.8 Å². The average Bonchev–Trinajstić information content (AvgIpc) is 2.67. The highest BCUT2D eigenvalue weighted by molar-refractivity contribution is 7.92. The Balaban J connectivity index is 2.41. The second-order valence-corrected chi connectivity index (χ2v) is 11.4. The summed E-state index contributed by atoms with van der Waals surface area (Å²) in [6.07, 6.45) is 1.08. The Hall–Kier alpha value is -2.87. The molecule has 0 saturated heterocycles. The molecule has 0 radical (unpaired) electrons. The second-order valence-electron chi connectivity index (χ2n) is 9.54. The molecule has 180 valence electrons. The number of amides is 2. The molecule has 0 fully saturated rings. The average molecular weight is 474 g/mol. The van der Waals surface area contributed by atoms with E-state index in [0.29, 0.717) is 5.69 Å². The number of nitrogens with one attached hydrogen (secondary N) is 1. The first-order chi connectivity index (χ1) is 15.2. The maximum atomic E-state index is 13.5. The molecule has 8 heteroatoms. The van der Waals surface area contributed by atoms with E-state index in [2.05, 4.69) is 5.32 Å². The van der Waals surface area contributed by atoms with Gasteiger partial charge >= 0.3 is 0 Å². The van der Waals surface area contributed by atoms with E-state index in [9.17, 15) is 18.0 Å². The van der Waals surface area contributed by atoms with Crippen molar-refractivity contribution in [3.63, 3.8) is 0 Å². The molecule has 0 aromatic heterocycles. The molecule has 0 aliphatic heterocycles. The van der Waals surface area contributed by atoms with Crippen molar-refractivity contribution in [3.05, 3.63) is 65.2 Å². The molecule has 2 amide bonds. The van der Waals surface area contributed by atoms with Crippen LogP contribution >= 0.6 is 0 Å². The minimum Gasteiger partial charge on any atom is -0.350 e. The summed E-state index contributed by atoms with van der Waals surface area (Å²) in [4.78, 5) is 27.8. The van der Waals surface area contributed by atoms with E-state index in [1.54, 1.807) is 19.1 Å². The van der Waals surface area contributed by atoms with Crippen LogP contribution < -0.4 is 9.62 Å². The lowest BCUT2D eigenvalue weighted by atomic mass is 10.1. The van der Waals surface area contributed by atoms with Gasteiger partial charge in [-0.3, -0.25) is 13.9 Å². The number of benzene rings is 2. The highest BCUT2D eigenvalue weighted by atomic mass is 32.2. The summed E-state index contributed by atoms with van der Waals surface area (Å²) in [5.74, 6) is -0.760. The molecule has 1 N–H and O–H groups in total. The summed E-state index contributed by atoms with van der Waals surface area (Å²) in [6, 6.07) is 13.9. The summed E-state index contributed by atoms with van der Waals surface area (Å²) in [5.41, 5.74) is 2.59. The number of hydrogen-bond donors (Lipinski definition) is 1. The predicted octanol–water partition coefficient (Wildman–Crippen LogP) is 3.40. The van der Waals surface area contributed by atoms with Crippen molar-refractivity contribution in [2.45, 2.75) is 59.7 Å². The lowest BCUT2D eigenvalue weighted by molar-refractivity contribution is -0.140. The topological polar surface area (TPSA) is 86.8 Å². The zero-order chi connectivity index (χ0) is 25.0. The van der Waals surface area contributed by atoms with Gasteiger partial charge in [-0.25, -0.2) is 8.42 Å². The molecule has 0 bridgehead atoms. The van der Waals surface area contributed by atoms with Gasteiger partial charge < -0.3 is 10.2 Å². The molecule has 0 saturated carbocycles. The fourth-order valence-electron chi connectivity index (χ4n) is 3.55. The van der Waals surface area contributed by atoms with E-state index < -0.39 is 34.1 Å². The maximum Gasteiger partial charge on any atom is 0.244 e. The Morgan fingerprint density at radius 2 is 1.55 bits per heavy atom. The second kappa shape index (κ2) is 10.4. The molecule has 0 aliphatic rings. The number of anilines is 1. The molecular formula is C25H35N3O4S. The van der Waals surface area contributed by atoms with E-state index in [1.165, 1.54) is 4.90 Å². The molecule has 2 aromatic carbocycles. The lowest BCUT2D eigenvalue weighted by Crippen LogP contribution is -2.54. The Kier molecular flexibility index (Phi) is 8.30. The minimum atomic E-state index is -3.74. The number of rotatable bonds is 8. The Bertz CT molecular complexity index is 1070. The first kappa shape index (κ1) is 26.4. The van der Waals surface area contributed by atoms with Gasteiger partial charge in [0.1, 0.15) is 12.6 Å². The normalized spacial score (nSPS) is 12.7. The Morgan fingerprint density at radius 1 is 1.00 bits per heavy atom. The molecule has 1 unspecified atom stereocenters. The summed E-state index contributed by atoms with van der Waals surface area (Å²) >= 11 is 0. The smallest absolute Gasteiger partial charge is 0.244 e. The fraction of sp³-hybridized carbons (Fsp3) is 0.440. The molecule has 1 atom stereocenters. The minimum absolute atomic E-state index is 0.183. The third-order valence-electron chi connectivity index (χ3n) is 5.03. The van der Waals surface area contributed by atoms with E-state index in [-0.39, 0.29) is 12.5 Å². The molecule has 0 heterocycles. The number of nitrogens with zero attached hydrogens (tertiary/aromatic N) is 2. The van der Waals surface area contributed by atoms with Gasteiger partial charge in [0.15, 0.2) is 0 Å². The van der Waals surface area contributed by atoms with Crippen LogP contribution in [0, 0.1) is 13.8 Å². The van der Waals surface area contributed by atoms with Crippen molar-refractivity contribution in [2.24, 2.45) is 0 Å². The summed E-state index contributed by atoms with van der Waals surface area (Å²) in [7, 11) is -3.74. The third-order valence-corrected chi connectivity index (χ3v) is 6.18. The maximum absolute atomic E-state index is 13.5. The van der Waals surface area contributed by atoms with Crippen LogP contribution in [0.5, 0.6) is 0 Å². The molecule has 0 spiro atoms. The first-order valence-electron chi connectivity index (χ1n) is 10.9. The van der Waals surface area contributed by atoms with Crippen LogP contribution in [-0.2, 0) is 26.2 Å². The number of aryl methyl sites for hydroxylation is 2. The van der Waals surface area contributed by atoms with Crippen LogP contribution in [0.1, 0.15) is 44.4 Å². The van der Waals surface area contributed by atoms with E-state index in [1.807, 2.05) is 71.0 Å². The van der Waals surface area contributed by atoms with Gasteiger partial charge in [-0.05, 0) is 70.4 Å². The zero-order valence-corrected chi connectivity index (χ0v) is 21.4. The number of hydrogen-bond acceptors (Lipinski definition) is 4. The largest absolute Gasteiger partial charge is 0.350 e. The van der Waals surface area contributed by atoms with Gasteiger partial charge in [-0.1, -0.05) is 36.4 Å². The van der Waals surface area contributed by atoms with Gasteiger partial charge in [-0.2, -0.15) is 0 Å². The van der Waals surface area contributed by atoms with Crippen LogP contribution in [0.3, 0.4) is 0 Å². The van der Waals surface area contributed by atoms with Crippen LogP contribution in [0.4, 0.5) is 5.69 Å². The summed E-state index contributed by atoms with van der Waals surface area (Å²) < 4.78 is 26.4. The van der Waals surface area contributed by atoms with Crippen molar-refractivity contribution >= 4 is 27.5 Å². The van der Waals surface area contributed by atoms with E-state index >= 15 is 0 Å². The van der Waals surface area contributed by atoms with Crippen LogP contribution in [0.2, 0.25) is 0 Å². The van der Waals surface area contributed by atoms with E-state index in [0.717, 1.165) is 27.3 Å². The third kappa shape index (κ3) is 7.89. The predicted molar refractivity (Wildman–Crippen MR) is 132 cm³/mol. The summed E-state index contributed by atoms with van der Waals surface area (Å²) in [5, 5.41) is 2.91. The first-order valence-corrected chi connectivity index (χ1v) is 12.7. The fourth-order valence-corrected chi connectivity index (χ4v) is 4.38. The SMILES string of the molecule is Cc1cc(C)cc(N(CC(=O)N(Cc2ccccc2)C(C)C(=O)NC(C)(C)C)S(C)(=O)=O)c1. The zero-order valence-electron chi connectivity index (χ0n) is 20.5. The highest BCUT2D eigenvalue weighted by Crippen LogP contribution is 2.22. The monoisotopic (exact) mass is 473 g/mol. The van der Waals surface area contributed by atoms with Crippen LogP contribution in [0.15, 0.2) is 48.5 Å². The van der Waals surface area contributed by atoms with E-state index in [4.69, 9.17) is 0 Å². The molecule has 33 heavy (non-hydrogen) atoms. The van der Waals surface area contributed by atoms with Gasteiger partial charge in [0.25, 0.3) is 0 Å². The quantitative estimate of drug-likeness (QED) is 0.637. The Labute approximate surface area is 197 Å². The number of carbonyl (C=O) groups excluding carboxylic acids is 2. The van der Waals surface area contributed by atoms with Crippen LogP contribution in [-0.4, -0.2) is 49.5 Å². The van der Waals surface area contributed by atoms with Gasteiger partial charge in [0, 0.05) is 12.1 Å². The van der Waals surface area contributed by atoms with Crippen molar-refractivity contribution in [3.8, 4) is 0 Å². The lowest BCUT2D eigenvalue weighted by Gasteiger charge is -2.33. The molecular weight excluding hydrogens is 438 g/mol.